The predicted molar refractivity (Wildman–Crippen MR) is 87.3 cm³/mol. The first-order valence-corrected chi connectivity index (χ1v) is 9.66. The van der Waals surface area contributed by atoms with Crippen LogP contribution in [-0.2, 0) is 9.84 Å². The molecule has 1 aliphatic heterocycles. The smallest absolute Gasteiger partial charge is 0.191 e. The second kappa shape index (κ2) is 7.29. The SMILES string of the molecule is C=C(C)CN=C(NCC1CCS(=O)(=O)C1)NC1CCCC1. The van der Waals surface area contributed by atoms with Crippen LogP contribution in [0.5, 0.6) is 0 Å². The summed E-state index contributed by atoms with van der Waals surface area (Å²) in [5.74, 6) is 1.63. The van der Waals surface area contributed by atoms with Gasteiger partial charge in [-0.15, -0.1) is 0 Å². The molecule has 2 aliphatic rings. The zero-order valence-electron chi connectivity index (χ0n) is 12.9. The van der Waals surface area contributed by atoms with Crippen LogP contribution in [0.2, 0.25) is 0 Å². The summed E-state index contributed by atoms with van der Waals surface area (Å²) in [6.45, 7) is 7.11. The third kappa shape index (κ3) is 5.69. The van der Waals surface area contributed by atoms with Crippen LogP contribution in [0.15, 0.2) is 17.1 Å². The van der Waals surface area contributed by atoms with Gasteiger partial charge in [0.05, 0.1) is 18.1 Å². The number of guanidine groups is 1. The molecule has 0 bridgehead atoms. The highest BCUT2D eigenvalue weighted by molar-refractivity contribution is 7.91. The van der Waals surface area contributed by atoms with Crippen molar-refractivity contribution in [2.24, 2.45) is 10.9 Å². The van der Waals surface area contributed by atoms with Crippen molar-refractivity contribution >= 4 is 15.8 Å². The van der Waals surface area contributed by atoms with E-state index in [1.165, 1.54) is 25.7 Å². The Hall–Kier alpha value is -1.04. The molecule has 5 nitrogen and oxygen atoms in total. The Balaban J connectivity index is 1.85. The van der Waals surface area contributed by atoms with E-state index >= 15 is 0 Å². The Bertz CT molecular complexity index is 493. The molecule has 21 heavy (non-hydrogen) atoms. The molecule has 2 fully saturated rings. The molecular weight excluding hydrogens is 286 g/mol. The maximum atomic E-state index is 11.5. The first-order valence-electron chi connectivity index (χ1n) is 7.84. The van der Waals surface area contributed by atoms with Gasteiger partial charge >= 0.3 is 0 Å². The van der Waals surface area contributed by atoms with E-state index in [2.05, 4.69) is 22.2 Å². The molecule has 0 aromatic carbocycles. The largest absolute Gasteiger partial charge is 0.356 e. The maximum absolute atomic E-state index is 11.5. The molecule has 1 aliphatic carbocycles. The Labute approximate surface area is 128 Å². The van der Waals surface area contributed by atoms with Gasteiger partial charge in [0.2, 0.25) is 0 Å². The van der Waals surface area contributed by atoms with Crippen LogP contribution in [0.1, 0.15) is 39.0 Å². The van der Waals surface area contributed by atoms with Crippen molar-refractivity contribution in [3.8, 4) is 0 Å². The highest BCUT2D eigenvalue weighted by Gasteiger charge is 2.28. The Morgan fingerprint density at radius 3 is 2.57 bits per heavy atom. The molecule has 1 unspecified atom stereocenters. The van der Waals surface area contributed by atoms with Crippen molar-refractivity contribution in [2.75, 3.05) is 24.6 Å². The molecule has 120 valence electrons. The van der Waals surface area contributed by atoms with Crippen LogP contribution >= 0.6 is 0 Å². The van der Waals surface area contributed by atoms with Crippen LogP contribution in [0.3, 0.4) is 0 Å². The molecule has 0 amide bonds. The average molecular weight is 313 g/mol. The first kappa shape index (κ1) is 16.3. The second-order valence-electron chi connectivity index (χ2n) is 6.40. The lowest BCUT2D eigenvalue weighted by molar-refractivity contribution is 0.554. The monoisotopic (exact) mass is 313 g/mol. The van der Waals surface area contributed by atoms with Gasteiger partial charge in [0.25, 0.3) is 0 Å². The number of rotatable bonds is 5. The second-order valence-corrected chi connectivity index (χ2v) is 8.63. The fraction of sp³-hybridized carbons (Fsp3) is 0.800. The summed E-state index contributed by atoms with van der Waals surface area (Å²) in [6.07, 6.45) is 5.67. The molecule has 0 aromatic heterocycles. The number of hydrogen-bond acceptors (Lipinski definition) is 3. The highest BCUT2D eigenvalue weighted by atomic mass is 32.2. The van der Waals surface area contributed by atoms with Gasteiger partial charge in [0, 0.05) is 12.6 Å². The molecule has 1 saturated carbocycles. The normalized spacial score (nSPS) is 26.0. The van der Waals surface area contributed by atoms with E-state index in [0.717, 1.165) is 18.0 Å². The van der Waals surface area contributed by atoms with Crippen molar-refractivity contribution < 1.29 is 8.42 Å². The van der Waals surface area contributed by atoms with Gasteiger partial charge in [-0.3, -0.25) is 0 Å². The van der Waals surface area contributed by atoms with Crippen molar-refractivity contribution in [3.63, 3.8) is 0 Å². The summed E-state index contributed by atoms with van der Waals surface area (Å²) in [4.78, 5) is 4.53. The Kier molecular flexibility index (Phi) is 5.67. The zero-order chi connectivity index (χ0) is 15.3. The van der Waals surface area contributed by atoms with E-state index in [4.69, 9.17) is 0 Å². The Morgan fingerprint density at radius 1 is 1.29 bits per heavy atom. The number of hydrogen-bond donors (Lipinski definition) is 2. The van der Waals surface area contributed by atoms with Crippen molar-refractivity contribution in [2.45, 2.75) is 45.1 Å². The van der Waals surface area contributed by atoms with Gasteiger partial charge in [0.15, 0.2) is 15.8 Å². The zero-order valence-corrected chi connectivity index (χ0v) is 13.7. The minimum absolute atomic E-state index is 0.204. The molecule has 2 rings (SSSR count). The van der Waals surface area contributed by atoms with E-state index in [9.17, 15) is 8.42 Å². The molecule has 1 saturated heterocycles. The third-order valence-electron chi connectivity index (χ3n) is 4.09. The molecule has 0 spiro atoms. The van der Waals surface area contributed by atoms with Crippen molar-refractivity contribution in [1.82, 2.24) is 10.6 Å². The van der Waals surface area contributed by atoms with Crippen molar-refractivity contribution in [1.29, 1.82) is 0 Å². The van der Waals surface area contributed by atoms with E-state index in [-0.39, 0.29) is 5.92 Å². The summed E-state index contributed by atoms with van der Waals surface area (Å²) in [6, 6.07) is 0.494. The number of sulfone groups is 1. The van der Waals surface area contributed by atoms with Crippen LogP contribution in [0.4, 0.5) is 0 Å². The third-order valence-corrected chi connectivity index (χ3v) is 5.93. The summed E-state index contributed by atoms with van der Waals surface area (Å²) >= 11 is 0. The lowest BCUT2D eigenvalue weighted by Crippen LogP contribution is -2.44. The lowest BCUT2D eigenvalue weighted by atomic mass is 10.1. The van der Waals surface area contributed by atoms with E-state index in [0.29, 0.717) is 30.6 Å². The molecule has 2 N–H and O–H groups in total. The van der Waals surface area contributed by atoms with Gasteiger partial charge in [-0.2, -0.15) is 0 Å². The van der Waals surface area contributed by atoms with Crippen LogP contribution < -0.4 is 10.6 Å². The minimum Gasteiger partial charge on any atom is -0.356 e. The Morgan fingerprint density at radius 2 is 2.00 bits per heavy atom. The number of nitrogens with zero attached hydrogens (tertiary/aromatic N) is 1. The molecule has 6 heteroatoms. The first-order chi connectivity index (χ1) is 9.94. The topological polar surface area (TPSA) is 70.6 Å². The lowest BCUT2D eigenvalue weighted by Gasteiger charge is -2.19. The fourth-order valence-electron chi connectivity index (χ4n) is 2.90. The fourth-order valence-corrected chi connectivity index (χ4v) is 4.77. The van der Waals surface area contributed by atoms with E-state index < -0.39 is 9.84 Å². The van der Waals surface area contributed by atoms with Gasteiger partial charge < -0.3 is 10.6 Å². The van der Waals surface area contributed by atoms with Gasteiger partial charge in [0.1, 0.15) is 0 Å². The van der Waals surface area contributed by atoms with Crippen LogP contribution in [-0.4, -0.2) is 45.0 Å². The summed E-state index contributed by atoms with van der Waals surface area (Å²) in [5.41, 5.74) is 1.02. The van der Waals surface area contributed by atoms with Gasteiger partial charge in [-0.25, -0.2) is 13.4 Å². The van der Waals surface area contributed by atoms with E-state index in [1.807, 2.05) is 6.92 Å². The standard InChI is InChI=1S/C15H27N3O2S/c1-12(2)9-16-15(18-14-5-3-4-6-14)17-10-13-7-8-21(19,20)11-13/h13-14H,1,3-11H2,2H3,(H2,16,17,18). The number of nitrogens with one attached hydrogen (secondary N) is 2. The summed E-state index contributed by atoms with van der Waals surface area (Å²) in [5, 5.41) is 6.78. The van der Waals surface area contributed by atoms with Gasteiger partial charge in [-0.1, -0.05) is 25.0 Å². The highest BCUT2D eigenvalue weighted by Crippen LogP contribution is 2.18. The predicted octanol–water partition coefficient (Wildman–Crippen LogP) is 1.47. The van der Waals surface area contributed by atoms with Gasteiger partial charge in [-0.05, 0) is 32.1 Å². The molecular formula is C15H27N3O2S. The quantitative estimate of drug-likeness (QED) is 0.458. The molecule has 0 radical (unpaired) electrons. The summed E-state index contributed by atoms with van der Waals surface area (Å²) < 4.78 is 23.0. The molecule has 0 aromatic rings. The van der Waals surface area contributed by atoms with Crippen molar-refractivity contribution in [3.05, 3.63) is 12.2 Å². The molecule has 1 atom stereocenters. The van der Waals surface area contributed by atoms with Crippen LogP contribution in [0, 0.1) is 5.92 Å². The minimum atomic E-state index is -2.81. The van der Waals surface area contributed by atoms with E-state index in [1.54, 1.807) is 0 Å². The average Bonchev–Trinajstić information content (AvgIpc) is 3.02. The van der Waals surface area contributed by atoms with Crippen LogP contribution in [0.25, 0.3) is 0 Å². The summed E-state index contributed by atoms with van der Waals surface area (Å²) in [7, 11) is -2.81. The number of aliphatic imine (C=N–C) groups is 1. The molecule has 1 heterocycles. The maximum Gasteiger partial charge on any atom is 0.191 e.